The van der Waals surface area contributed by atoms with Gasteiger partial charge >= 0.3 is 0 Å². The number of hydrogen-bond acceptors (Lipinski definition) is 3. The SMILES string of the molecule is CC(C)C(=O)C(C)NC(=O)c1ccccn1. The lowest BCUT2D eigenvalue weighted by Crippen LogP contribution is -2.40. The van der Waals surface area contributed by atoms with Gasteiger partial charge in [0.1, 0.15) is 5.69 Å². The van der Waals surface area contributed by atoms with E-state index in [-0.39, 0.29) is 17.6 Å². The molecule has 0 saturated heterocycles. The third kappa shape index (κ3) is 3.15. The van der Waals surface area contributed by atoms with Crippen molar-refractivity contribution in [1.82, 2.24) is 10.3 Å². The van der Waals surface area contributed by atoms with E-state index in [0.717, 1.165) is 0 Å². The Labute approximate surface area is 95.1 Å². The van der Waals surface area contributed by atoms with Gasteiger partial charge in [0, 0.05) is 12.1 Å². The van der Waals surface area contributed by atoms with Crippen molar-refractivity contribution >= 4 is 11.7 Å². The number of amides is 1. The minimum atomic E-state index is -0.477. The van der Waals surface area contributed by atoms with Crippen LogP contribution in [0.15, 0.2) is 24.4 Å². The third-order valence-corrected chi connectivity index (χ3v) is 2.24. The summed E-state index contributed by atoms with van der Waals surface area (Å²) in [6.07, 6.45) is 1.55. The summed E-state index contributed by atoms with van der Waals surface area (Å²) in [5.41, 5.74) is 0.325. The zero-order valence-electron chi connectivity index (χ0n) is 9.73. The number of aromatic nitrogens is 1. The Morgan fingerprint density at radius 3 is 2.44 bits per heavy atom. The van der Waals surface area contributed by atoms with E-state index in [0.29, 0.717) is 5.69 Å². The Hall–Kier alpha value is -1.71. The molecule has 0 saturated carbocycles. The minimum Gasteiger partial charge on any atom is -0.341 e. The number of nitrogens with zero attached hydrogens (tertiary/aromatic N) is 1. The zero-order chi connectivity index (χ0) is 12.1. The molecule has 1 unspecified atom stereocenters. The van der Waals surface area contributed by atoms with E-state index in [1.165, 1.54) is 0 Å². The molecule has 1 rings (SSSR count). The van der Waals surface area contributed by atoms with Gasteiger partial charge in [0.15, 0.2) is 5.78 Å². The van der Waals surface area contributed by atoms with Crippen LogP contribution in [0.3, 0.4) is 0 Å². The van der Waals surface area contributed by atoms with Crippen LogP contribution >= 0.6 is 0 Å². The maximum Gasteiger partial charge on any atom is 0.270 e. The zero-order valence-corrected chi connectivity index (χ0v) is 9.73. The van der Waals surface area contributed by atoms with Gasteiger partial charge in [-0.1, -0.05) is 19.9 Å². The van der Waals surface area contributed by atoms with Crippen LogP contribution in [0, 0.1) is 5.92 Å². The van der Waals surface area contributed by atoms with Crippen molar-refractivity contribution in [3.8, 4) is 0 Å². The lowest BCUT2D eigenvalue weighted by atomic mass is 10.0. The normalized spacial score (nSPS) is 12.2. The third-order valence-electron chi connectivity index (χ3n) is 2.24. The molecule has 0 aliphatic carbocycles. The molecule has 1 amide bonds. The molecule has 0 aliphatic rings. The van der Waals surface area contributed by atoms with Gasteiger partial charge < -0.3 is 5.32 Å². The van der Waals surface area contributed by atoms with Gasteiger partial charge in [-0.15, -0.1) is 0 Å². The van der Waals surface area contributed by atoms with E-state index in [1.54, 1.807) is 31.3 Å². The summed E-state index contributed by atoms with van der Waals surface area (Å²) in [7, 11) is 0. The molecule has 1 heterocycles. The van der Waals surface area contributed by atoms with Gasteiger partial charge in [0.25, 0.3) is 5.91 Å². The molecule has 1 aromatic rings. The van der Waals surface area contributed by atoms with E-state index in [1.807, 2.05) is 13.8 Å². The largest absolute Gasteiger partial charge is 0.341 e. The van der Waals surface area contributed by atoms with E-state index in [2.05, 4.69) is 10.3 Å². The van der Waals surface area contributed by atoms with Crippen molar-refractivity contribution in [2.75, 3.05) is 0 Å². The molecule has 86 valence electrons. The standard InChI is InChI=1S/C12H16N2O2/c1-8(2)11(15)9(3)14-12(16)10-6-4-5-7-13-10/h4-9H,1-3H3,(H,14,16). The molecule has 4 heteroatoms. The molecule has 0 aromatic carbocycles. The summed E-state index contributed by atoms with van der Waals surface area (Å²) in [6, 6.07) is 4.60. The second-order valence-corrected chi connectivity index (χ2v) is 3.97. The van der Waals surface area contributed by atoms with Crippen LogP contribution in [-0.4, -0.2) is 22.7 Å². The van der Waals surface area contributed by atoms with Crippen LogP contribution in [0.5, 0.6) is 0 Å². The maximum atomic E-state index is 11.7. The van der Waals surface area contributed by atoms with Gasteiger partial charge in [-0.2, -0.15) is 0 Å². The Morgan fingerprint density at radius 2 is 1.94 bits per heavy atom. The predicted octanol–water partition coefficient (Wildman–Crippen LogP) is 1.43. The maximum absolute atomic E-state index is 11.7. The van der Waals surface area contributed by atoms with Gasteiger partial charge in [-0.05, 0) is 19.1 Å². The second-order valence-electron chi connectivity index (χ2n) is 3.97. The van der Waals surface area contributed by atoms with Crippen molar-refractivity contribution in [2.45, 2.75) is 26.8 Å². The summed E-state index contributed by atoms with van der Waals surface area (Å²) in [6.45, 7) is 5.31. The molecule has 0 fully saturated rings. The van der Waals surface area contributed by atoms with Crippen molar-refractivity contribution in [1.29, 1.82) is 0 Å². The molecule has 0 radical (unpaired) electrons. The van der Waals surface area contributed by atoms with Crippen molar-refractivity contribution in [3.63, 3.8) is 0 Å². The first kappa shape index (κ1) is 12.4. The quantitative estimate of drug-likeness (QED) is 0.835. The topological polar surface area (TPSA) is 59.1 Å². The molecule has 0 spiro atoms. The minimum absolute atomic E-state index is 0.0179. The number of carbonyl (C=O) groups excluding carboxylic acids is 2. The highest BCUT2D eigenvalue weighted by atomic mass is 16.2. The van der Waals surface area contributed by atoms with Crippen LogP contribution in [0.1, 0.15) is 31.3 Å². The molecule has 4 nitrogen and oxygen atoms in total. The van der Waals surface area contributed by atoms with Crippen molar-refractivity contribution in [2.24, 2.45) is 5.92 Å². The lowest BCUT2D eigenvalue weighted by Gasteiger charge is -2.14. The first-order valence-corrected chi connectivity index (χ1v) is 5.28. The van der Waals surface area contributed by atoms with Crippen LogP contribution in [0.4, 0.5) is 0 Å². The van der Waals surface area contributed by atoms with Crippen molar-refractivity contribution < 1.29 is 9.59 Å². The van der Waals surface area contributed by atoms with E-state index in [4.69, 9.17) is 0 Å². The Kier molecular flexibility index (Phi) is 4.17. The average Bonchev–Trinajstić information content (AvgIpc) is 2.28. The second kappa shape index (κ2) is 5.39. The summed E-state index contributed by atoms with van der Waals surface area (Å²) < 4.78 is 0. The van der Waals surface area contributed by atoms with Gasteiger partial charge in [-0.25, -0.2) is 0 Å². The fourth-order valence-electron chi connectivity index (χ4n) is 1.34. The summed E-state index contributed by atoms with van der Waals surface area (Å²) in [5, 5.41) is 2.63. The smallest absolute Gasteiger partial charge is 0.270 e. The van der Waals surface area contributed by atoms with E-state index < -0.39 is 6.04 Å². The van der Waals surface area contributed by atoms with E-state index >= 15 is 0 Å². The number of pyridine rings is 1. The molecule has 0 aliphatic heterocycles. The number of nitrogens with one attached hydrogen (secondary N) is 1. The summed E-state index contributed by atoms with van der Waals surface area (Å²) >= 11 is 0. The molecule has 0 bridgehead atoms. The molecular formula is C12H16N2O2. The fraction of sp³-hybridized carbons (Fsp3) is 0.417. The van der Waals surface area contributed by atoms with E-state index in [9.17, 15) is 9.59 Å². The van der Waals surface area contributed by atoms with Gasteiger partial charge in [0.2, 0.25) is 0 Å². The number of Topliss-reactive ketones (excluding diaryl/α,β-unsaturated/α-hetero) is 1. The summed E-state index contributed by atoms with van der Waals surface area (Å²) in [5.74, 6) is -0.384. The monoisotopic (exact) mass is 220 g/mol. The highest BCUT2D eigenvalue weighted by molar-refractivity contribution is 5.96. The average molecular weight is 220 g/mol. The fourth-order valence-corrected chi connectivity index (χ4v) is 1.34. The molecule has 1 atom stereocenters. The molecular weight excluding hydrogens is 204 g/mol. The Bertz CT molecular complexity index is 374. The van der Waals surface area contributed by atoms with Gasteiger partial charge in [-0.3, -0.25) is 14.6 Å². The van der Waals surface area contributed by atoms with Crippen LogP contribution in [-0.2, 0) is 4.79 Å². The Balaban J connectivity index is 2.62. The molecule has 1 N–H and O–H groups in total. The van der Waals surface area contributed by atoms with Crippen molar-refractivity contribution in [3.05, 3.63) is 30.1 Å². The lowest BCUT2D eigenvalue weighted by molar-refractivity contribution is -0.123. The summed E-state index contributed by atoms with van der Waals surface area (Å²) in [4.78, 5) is 27.1. The first-order chi connectivity index (χ1) is 7.52. The first-order valence-electron chi connectivity index (χ1n) is 5.28. The number of ketones is 1. The van der Waals surface area contributed by atoms with Crippen LogP contribution in [0.2, 0.25) is 0 Å². The number of carbonyl (C=O) groups is 2. The molecule has 16 heavy (non-hydrogen) atoms. The predicted molar refractivity (Wildman–Crippen MR) is 61.0 cm³/mol. The highest BCUT2D eigenvalue weighted by Crippen LogP contribution is 2.01. The molecule has 1 aromatic heterocycles. The van der Waals surface area contributed by atoms with Crippen LogP contribution < -0.4 is 5.32 Å². The highest BCUT2D eigenvalue weighted by Gasteiger charge is 2.19. The number of hydrogen-bond donors (Lipinski definition) is 1. The number of rotatable bonds is 4. The van der Waals surface area contributed by atoms with Crippen LogP contribution in [0.25, 0.3) is 0 Å². The van der Waals surface area contributed by atoms with Gasteiger partial charge in [0.05, 0.1) is 6.04 Å². The Morgan fingerprint density at radius 1 is 1.25 bits per heavy atom.